The predicted octanol–water partition coefficient (Wildman–Crippen LogP) is 1.70. The van der Waals surface area contributed by atoms with E-state index < -0.39 is 0 Å². The standard InChI is InChI=1S/C14H15NOS.H4Si/c16-13-11-8-4-5-9-12(11)14(17)15(13)10-6-2-1-3-7-10;/h4-5,8-10H,1-3,6-7H2;1H4. The van der Waals surface area contributed by atoms with Crippen molar-refractivity contribution < 1.29 is 4.79 Å². The van der Waals surface area contributed by atoms with E-state index in [4.69, 9.17) is 12.2 Å². The molecule has 0 bridgehead atoms. The highest BCUT2D eigenvalue weighted by Crippen LogP contribution is 2.31. The van der Waals surface area contributed by atoms with Gasteiger partial charge in [0.15, 0.2) is 0 Å². The molecule has 0 N–H and O–H groups in total. The number of thiocarbonyl (C=S) groups is 1. The molecular weight excluding hydrogens is 258 g/mol. The van der Waals surface area contributed by atoms with Crippen LogP contribution < -0.4 is 0 Å². The number of amides is 1. The van der Waals surface area contributed by atoms with Crippen LogP contribution in [0.1, 0.15) is 48.0 Å². The summed E-state index contributed by atoms with van der Waals surface area (Å²) in [6.45, 7) is 0. The molecule has 1 aromatic carbocycles. The van der Waals surface area contributed by atoms with E-state index in [1.165, 1.54) is 19.3 Å². The van der Waals surface area contributed by atoms with Crippen LogP contribution in [0.15, 0.2) is 24.3 Å². The number of fused-ring (bicyclic) bond motifs is 1. The first-order valence-corrected chi connectivity index (χ1v) is 6.67. The summed E-state index contributed by atoms with van der Waals surface area (Å²) in [7, 11) is 0. The molecule has 96 valence electrons. The second-order valence-corrected chi connectivity index (χ2v) is 5.20. The third-order valence-electron chi connectivity index (χ3n) is 3.77. The molecule has 1 aromatic rings. The first-order chi connectivity index (χ1) is 8.29. The highest BCUT2D eigenvalue weighted by atomic mass is 32.1. The van der Waals surface area contributed by atoms with E-state index in [0.717, 1.165) is 29.0 Å². The van der Waals surface area contributed by atoms with E-state index in [1.54, 1.807) is 0 Å². The molecule has 1 fully saturated rings. The third-order valence-corrected chi connectivity index (χ3v) is 4.18. The molecule has 1 aliphatic heterocycles. The van der Waals surface area contributed by atoms with Crippen molar-refractivity contribution >= 4 is 34.1 Å². The van der Waals surface area contributed by atoms with E-state index in [9.17, 15) is 4.79 Å². The molecule has 0 atom stereocenters. The maximum absolute atomic E-state index is 12.3. The number of benzene rings is 1. The summed E-state index contributed by atoms with van der Waals surface area (Å²) >= 11 is 5.46. The molecule has 3 rings (SSSR count). The van der Waals surface area contributed by atoms with Crippen LogP contribution in [0.2, 0.25) is 0 Å². The van der Waals surface area contributed by atoms with Gasteiger partial charge in [0, 0.05) is 11.6 Å². The quantitative estimate of drug-likeness (QED) is 0.575. The molecule has 1 amide bonds. The SMILES string of the molecule is O=C1c2ccccc2C(=S)N1C1CCCCC1.[SiH4]. The zero-order valence-corrected chi connectivity index (χ0v) is 10.5. The average Bonchev–Trinajstić information content (AvgIpc) is 2.64. The second-order valence-electron chi connectivity index (χ2n) is 4.82. The highest BCUT2D eigenvalue weighted by Gasteiger charge is 2.37. The fourth-order valence-corrected chi connectivity index (χ4v) is 3.29. The van der Waals surface area contributed by atoms with Crippen LogP contribution in [-0.2, 0) is 0 Å². The Morgan fingerprint density at radius 1 is 1.06 bits per heavy atom. The molecule has 0 unspecified atom stereocenters. The third kappa shape index (κ3) is 2.04. The summed E-state index contributed by atoms with van der Waals surface area (Å²) in [6, 6.07) is 8.02. The smallest absolute Gasteiger partial charge is 0.259 e. The van der Waals surface area contributed by atoms with Crippen molar-refractivity contribution in [1.82, 2.24) is 4.90 Å². The molecule has 2 aliphatic rings. The van der Waals surface area contributed by atoms with Crippen LogP contribution >= 0.6 is 12.2 Å². The minimum absolute atomic E-state index is 0. The van der Waals surface area contributed by atoms with E-state index >= 15 is 0 Å². The van der Waals surface area contributed by atoms with Crippen molar-refractivity contribution in [2.75, 3.05) is 0 Å². The summed E-state index contributed by atoms with van der Waals surface area (Å²) in [6.07, 6.45) is 5.92. The van der Waals surface area contributed by atoms with Crippen molar-refractivity contribution in [3.05, 3.63) is 35.4 Å². The summed E-state index contributed by atoms with van der Waals surface area (Å²) in [4.78, 5) is 14.9. The largest absolute Gasteiger partial charge is 0.295 e. The van der Waals surface area contributed by atoms with Gasteiger partial charge in [0.25, 0.3) is 5.91 Å². The monoisotopic (exact) mass is 277 g/mol. The Kier molecular flexibility index (Phi) is 3.97. The molecule has 1 saturated carbocycles. The summed E-state index contributed by atoms with van der Waals surface area (Å²) < 4.78 is 0. The number of rotatable bonds is 1. The average molecular weight is 277 g/mol. The van der Waals surface area contributed by atoms with Gasteiger partial charge in [0.05, 0.1) is 5.56 Å². The maximum atomic E-state index is 12.3. The van der Waals surface area contributed by atoms with Gasteiger partial charge in [0.1, 0.15) is 4.99 Å². The molecule has 18 heavy (non-hydrogen) atoms. The predicted molar refractivity (Wildman–Crippen MR) is 82.5 cm³/mol. The summed E-state index contributed by atoms with van der Waals surface area (Å²) in [5.74, 6) is 0.109. The lowest BCUT2D eigenvalue weighted by Crippen LogP contribution is -2.40. The van der Waals surface area contributed by atoms with Crippen molar-refractivity contribution in [3.8, 4) is 0 Å². The summed E-state index contributed by atoms with van der Waals surface area (Å²) in [5, 5.41) is 0. The Hall–Kier alpha value is -1.00. The van der Waals surface area contributed by atoms with Gasteiger partial charge in [-0.3, -0.25) is 9.69 Å². The first kappa shape index (κ1) is 13.4. The number of hydrogen-bond donors (Lipinski definition) is 0. The van der Waals surface area contributed by atoms with Gasteiger partial charge in [-0.2, -0.15) is 0 Å². The Balaban J connectivity index is 0.00000120. The molecule has 0 saturated heterocycles. The molecule has 1 heterocycles. The Morgan fingerprint density at radius 2 is 1.67 bits per heavy atom. The van der Waals surface area contributed by atoms with Gasteiger partial charge in [-0.25, -0.2) is 0 Å². The van der Waals surface area contributed by atoms with Crippen molar-refractivity contribution in [2.45, 2.75) is 38.1 Å². The lowest BCUT2D eigenvalue weighted by atomic mass is 9.94. The van der Waals surface area contributed by atoms with E-state index in [1.807, 2.05) is 29.2 Å². The maximum Gasteiger partial charge on any atom is 0.259 e. The minimum Gasteiger partial charge on any atom is -0.295 e. The van der Waals surface area contributed by atoms with Gasteiger partial charge < -0.3 is 0 Å². The van der Waals surface area contributed by atoms with Gasteiger partial charge in [0.2, 0.25) is 0 Å². The van der Waals surface area contributed by atoms with Crippen LogP contribution in [0.4, 0.5) is 0 Å². The van der Waals surface area contributed by atoms with Crippen LogP contribution in [0.3, 0.4) is 0 Å². The molecule has 4 heteroatoms. The Labute approximate surface area is 117 Å². The van der Waals surface area contributed by atoms with Gasteiger partial charge in [-0.1, -0.05) is 49.7 Å². The Bertz CT molecular complexity index is 447. The van der Waals surface area contributed by atoms with Crippen LogP contribution in [0.25, 0.3) is 0 Å². The number of carbonyl (C=O) groups is 1. The number of nitrogens with zero attached hydrogens (tertiary/aromatic N) is 1. The molecule has 2 nitrogen and oxygen atoms in total. The van der Waals surface area contributed by atoms with E-state index in [0.29, 0.717) is 6.04 Å². The van der Waals surface area contributed by atoms with Gasteiger partial charge >= 0.3 is 0 Å². The second kappa shape index (κ2) is 5.32. The summed E-state index contributed by atoms with van der Waals surface area (Å²) in [5.41, 5.74) is 1.72. The normalized spacial score (nSPS) is 19.7. The van der Waals surface area contributed by atoms with Crippen molar-refractivity contribution in [3.63, 3.8) is 0 Å². The van der Waals surface area contributed by atoms with Crippen LogP contribution in [-0.4, -0.2) is 32.8 Å². The first-order valence-electron chi connectivity index (χ1n) is 6.26. The van der Waals surface area contributed by atoms with Crippen molar-refractivity contribution in [2.24, 2.45) is 0 Å². The zero-order chi connectivity index (χ0) is 11.8. The van der Waals surface area contributed by atoms with Gasteiger partial charge in [-0.15, -0.1) is 0 Å². The van der Waals surface area contributed by atoms with E-state index in [2.05, 4.69) is 0 Å². The van der Waals surface area contributed by atoms with Crippen LogP contribution in [0, 0.1) is 0 Å². The van der Waals surface area contributed by atoms with E-state index in [-0.39, 0.29) is 16.9 Å². The topological polar surface area (TPSA) is 20.3 Å². The number of carbonyl (C=O) groups excluding carboxylic acids is 1. The van der Waals surface area contributed by atoms with Gasteiger partial charge in [-0.05, 0) is 29.9 Å². The van der Waals surface area contributed by atoms with Crippen molar-refractivity contribution in [1.29, 1.82) is 0 Å². The Morgan fingerprint density at radius 3 is 2.28 bits per heavy atom. The fourth-order valence-electron chi connectivity index (χ4n) is 2.88. The lowest BCUT2D eigenvalue weighted by molar-refractivity contribution is 0.0795. The molecule has 0 radical (unpaired) electrons. The fraction of sp³-hybridized carbons (Fsp3) is 0.429. The molecular formula is C14H19NOSSi. The zero-order valence-electron chi connectivity index (χ0n) is 9.69. The lowest BCUT2D eigenvalue weighted by Gasteiger charge is -2.30. The molecule has 0 aromatic heterocycles. The number of hydrogen-bond acceptors (Lipinski definition) is 2. The van der Waals surface area contributed by atoms with Crippen LogP contribution in [0.5, 0.6) is 0 Å². The molecule has 1 aliphatic carbocycles. The minimum atomic E-state index is 0. The highest BCUT2D eigenvalue weighted by molar-refractivity contribution is 7.80. The molecule has 0 spiro atoms.